The molecular formula is C10H17NO. The van der Waals surface area contributed by atoms with Crippen LogP contribution in [-0.2, 0) is 4.79 Å². The quantitative estimate of drug-likeness (QED) is 0.509. The van der Waals surface area contributed by atoms with E-state index in [1.165, 1.54) is 0 Å². The van der Waals surface area contributed by atoms with Crippen molar-refractivity contribution in [2.45, 2.75) is 39.7 Å². The highest BCUT2D eigenvalue weighted by molar-refractivity contribution is 5.95. The highest BCUT2D eigenvalue weighted by Crippen LogP contribution is 2.20. The van der Waals surface area contributed by atoms with Crippen molar-refractivity contribution < 1.29 is 4.79 Å². The van der Waals surface area contributed by atoms with Gasteiger partial charge in [-0.1, -0.05) is 20.8 Å². The number of terminal acetylenes is 1. The van der Waals surface area contributed by atoms with Gasteiger partial charge in [-0.25, -0.2) is 0 Å². The maximum Gasteiger partial charge on any atom is 0.206 e. The molecule has 0 rings (SSSR count). The molecular weight excluding hydrogens is 150 g/mol. The van der Waals surface area contributed by atoms with Crippen LogP contribution in [0.25, 0.3) is 0 Å². The Labute approximate surface area is 74.5 Å². The van der Waals surface area contributed by atoms with Crippen molar-refractivity contribution in [2.24, 2.45) is 11.1 Å². The van der Waals surface area contributed by atoms with Crippen molar-refractivity contribution in [2.75, 3.05) is 0 Å². The number of nitrogens with two attached hydrogens (primary N) is 1. The first-order valence-electron chi connectivity index (χ1n) is 4.10. The number of carbonyl (C=O) groups excluding carboxylic acids is 1. The summed E-state index contributed by atoms with van der Waals surface area (Å²) in [4.78, 5) is 10.8. The van der Waals surface area contributed by atoms with Crippen molar-refractivity contribution in [3.05, 3.63) is 0 Å². The van der Waals surface area contributed by atoms with Crippen LogP contribution in [0, 0.1) is 17.8 Å². The zero-order chi connectivity index (χ0) is 9.78. The number of ketones is 1. The number of hydrogen-bond donors (Lipinski definition) is 1. The van der Waals surface area contributed by atoms with Crippen LogP contribution in [0.2, 0.25) is 0 Å². The van der Waals surface area contributed by atoms with Gasteiger partial charge in [0.2, 0.25) is 5.78 Å². The van der Waals surface area contributed by atoms with Crippen LogP contribution in [-0.4, -0.2) is 11.8 Å². The Hall–Kier alpha value is -0.810. The summed E-state index contributed by atoms with van der Waals surface area (Å²) >= 11 is 0. The number of Topliss-reactive ketones (excluding diaryl/α,β-unsaturated/α-hetero) is 1. The molecule has 68 valence electrons. The Kier molecular flexibility index (Phi) is 3.99. The molecule has 0 radical (unpaired) electrons. The molecule has 0 aliphatic heterocycles. The van der Waals surface area contributed by atoms with Gasteiger partial charge in [-0.15, -0.1) is 6.42 Å². The lowest BCUT2D eigenvalue weighted by Gasteiger charge is -2.21. The van der Waals surface area contributed by atoms with Gasteiger partial charge in [0.1, 0.15) is 0 Å². The molecule has 0 aromatic heterocycles. The first-order valence-corrected chi connectivity index (χ1v) is 4.10. The fourth-order valence-corrected chi connectivity index (χ4v) is 1.16. The van der Waals surface area contributed by atoms with E-state index in [4.69, 9.17) is 12.2 Å². The molecule has 2 heteroatoms. The molecule has 1 atom stereocenters. The van der Waals surface area contributed by atoms with Gasteiger partial charge in [0.25, 0.3) is 0 Å². The van der Waals surface area contributed by atoms with E-state index in [1.54, 1.807) is 0 Å². The normalized spacial score (nSPS) is 13.6. The average molecular weight is 167 g/mol. The van der Waals surface area contributed by atoms with E-state index in [1.807, 2.05) is 0 Å². The maximum atomic E-state index is 10.8. The maximum absolute atomic E-state index is 10.8. The Morgan fingerprint density at radius 3 is 2.42 bits per heavy atom. The van der Waals surface area contributed by atoms with Crippen molar-refractivity contribution in [3.8, 4) is 12.3 Å². The molecule has 0 aliphatic rings. The van der Waals surface area contributed by atoms with Crippen LogP contribution in [0.1, 0.15) is 33.6 Å². The zero-order valence-corrected chi connectivity index (χ0v) is 8.05. The van der Waals surface area contributed by atoms with Crippen LogP contribution in [0.3, 0.4) is 0 Å². The van der Waals surface area contributed by atoms with Crippen molar-refractivity contribution >= 4 is 5.78 Å². The minimum Gasteiger partial charge on any atom is -0.327 e. The Morgan fingerprint density at radius 2 is 2.08 bits per heavy atom. The average Bonchev–Trinajstić information content (AvgIpc) is 1.82. The Morgan fingerprint density at radius 1 is 1.58 bits per heavy atom. The highest BCUT2D eigenvalue weighted by Gasteiger charge is 2.17. The SMILES string of the molecule is C#CC(=O)CC(N)CC(C)(C)C. The van der Waals surface area contributed by atoms with E-state index < -0.39 is 0 Å². The number of rotatable bonds is 3. The molecule has 0 fully saturated rings. The third kappa shape index (κ3) is 5.94. The zero-order valence-electron chi connectivity index (χ0n) is 8.05. The summed E-state index contributed by atoms with van der Waals surface area (Å²) in [6.07, 6.45) is 6.05. The first-order chi connectivity index (χ1) is 5.35. The molecule has 0 aromatic carbocycles. The molecule has 2 N–H and O–H groups in total. The van der Waals surface area contributed by atoms with Gasteiger partial charge < -0.3 is 5.73 Å². The fraction of sp³-hybridized carbons (Fsp3) is 0.700. The monoisotopic (exact) mass is 167 g/mol. The smallest absolute Gasteiger partial charge is 0.206 e. The molecule has 1 unspecified atom stereocenters. The number of hydrogen-bond acceptors (Lipinski definition) is 2. The lowest BCUT2D eigenvalue weighted by Crippen LogP contribution is -2.28. The van der Waals surface area contributed by atoms with Gasteiger partial charge in [0.15, 0.2) is 0 Å². The molecule has 0 bridgehead atoms. The predicted molar refractivity (Wildman–Crippen MR) is 50.5 cm³/mol. The summed E-state index contributed by atoms with van der Waals surface area (Å²) < 4.78 is 0. The number of carbonyl (C=O) groups is 1. The Balaban J connectivity index is 3.84. The van der Waals surface area contributed by atoms with Crippen LogP contribution < -0.4 is 5.73 Å². The second-order valence-corrected chi connectivity index (χ2v) is 4.30. The van der Waals surface area contributed by atoms with Crippen LogP contribution in [0.4, 0.5) is 0 Å². The van der Waals surface area contributed by atoms with E-state index in [0.717, 1.165) is 6.42 Å². The third-order valence-corrected chi connectivity index (χ3v) is 1.48. The molecule has 0 heterocycles. The van der Waals surface area contributed by atoms with Crippen LogP contribution in [0.15, 0.2) is 0 Å². The molecule has 12 heavy (non-hydrogen) atoms. The lowest BCUT2D eigenvalue weighted by molar-refractivity contribution is -0.114. The second kappa shape index (κ2) is 4.27. The fourth-order valence-electron chi connectivity index (χ4n) is 1.16. The summed E-state index contributed by atoms with van der Waals surface area (Å²) in [6, 6.07) is -0.103. The van der Waals surface area contributed by atoms with Gasteiger partial charge in [-0.05, 0) is 17.8 Å². The third-order valence-electron chi connectivity index (χ3n) is 1.48. The van der Waals surface area contributed by atoms with Gasteiger partial charge in [-0.2, -0.15) is 0 Å². The van der Waals surface area contributed by atoms with Crippen molar-refractivity contribution in [1.82, 2.24) is 0 Å². The molecule has 0 spiro atoms. The van der Waals surface area contributed by atoms with Crippen LogP contribution in [0.5, 0.6) is 0 Å². The van der Waals surface area contributed by atoms with E-state index in [-0.39, 0.29) is 17.2 Å². The second-order valence-electron chi connectivity index (χ2n) is 4.30. The van der Waals surface area contributed by atoms with Gasteiger partial charge >= 0.3 is 0 Å². The summed E-state index contributed by atoms with van der Waals surface area (Å²) in [6.45, 7) is 6.27. The summed E-state index contributed by atoms with van der Waals surface area (Å²) in [5.74, 6) is 1.86. The van der Waals surface area contributed by atoms with E-state index in [2.05, 4.69) is 26.7 Å². The van der Waals surface area contributed by atoms with Crippen molar-refractivity contribution in [3.63, 3.8) is 0 Å². The molecule has 0 saturated heterocycles. The largest absolute Gasteiger partial charge is 0.327 e. The first kappa shape index (κ1) is 11.2. The van der Waals surface area contributed by atoms with Gasteiger partial charge in [-0.3, -0.25) is 4.79 Å². The van der Waals surface area contributed by atoms with Gasteiger partial charge in [0, 0.05) is 12.5 Å². The minimum absolute atomic E-state index is 0.103. The van der Waals surface area contributed by atoms with E-state index in [9.17, 15) is 4.79 Å². The van der Waals surface area contributed by atoms with E-state index in [0.29, 0.717) is 6.42 Å². The summed E-state index contributed by atoms with van der Waals surface area (Å²) in [5.41, 5.74) is 5.88. The predicted octanol–water partition coefficient (Wildman–Crippen LogP) is 1.34. The summed E-state index contributed by atoms with van der Waals surface area (Å²) in [5, 5.41) is 0. The topological polar surface area (TPSA) is 43.1 Å². The molecule has 0 amide bonds. The molecule has 0 aromatic rings. The van der Waals surface area contributed by atoms with Crippen molar-refractivity contribution in [1.29, 1.82) is 0 Å². The lowest BCUT2D eigenvalue weighted by atomic mass is 9.87. The molecule has 0 aliphatic carbocycles. The van der Waals surface area contributed by atoms with E-state index >= 15 is 0 Å². The molecule has 0 saturated carbocycles. The minimum atomic E-state index is -0.202. The standard InChI is InChI=1S/C10H17NO/c1-5-9(12)6-8(11)7-10(2,3)4/h1,8H,6-7,11H2,2-4H3. The molecule has 2 nitrogen and oxygen atoms in total. The summed E-state index contributed by atoms with van der Waals surface area (Å²) in [7, 11) is 0. The van der Waals surface area contributed by atoms with Gasteiger partial charge in [0.05, 0.1) is 0 Å². The highest BCUT2D eigenvalue weighted by atomic mass is 16.1. The van der Waals surface area contributed by atoms with Crippen LogP contribution >= 0.6 is 0 Å². The Bertz CT molecular complexity index is 195.